The summed E-state index contributed by atoms with van der Waals surface area (Å²) in [5, 5.41) is 4.59. The fourth-order valence-corrected chi connectivity index (χ4v) is 4.17. The Morgan fingerprint density at radius 3 is 2.86 bits per heavy atom. The largest absolute Gasteiger partial charge is 0.383 e. The van der Waals surface area contributed by atoms with Crippen molar-refractivity contribution in [2.45, 2.75) is 52.1 Å². The number of methoxy groups -OCH3 is 1. The Balaban J connectivity index is 1.96. The van der Waals surface area contributed by atoms with Gasteiger partial charge in [-0.3, -0.25) is 0 Å². The molecule has 2 atom stereocenters. The van der Waals surface area contributed by atoms with Crippen molar-refractivity contribution in [1.29, 1.82) is 0 Å². The van der Waals surface area contributed by atoms with Crippen LogP contribution >= 0.6 is 11.3 Å². The Bertz CT molecular complexity index is 435. The molecule has 1 heterocycles. The second-order valence-corrected chi connectivity index (χ2v) is 7.18. The van der Waals surface area contributed by atoms with Crippen molar-refractivity contribution in [3.63, 3.8) is 0 Å². The van der Waals surface area contributed by atoms with Crippen LogP contribution in [-0.2, 0) is 11.3 Å². The van der Waals surface area contributed by atoms with Gasteiger partial charge in [0.25, 0.3) is 0 Å². The summed E-state index contributed by atoms with van der Waals surface area (Å²) in [6, 6.07) is 0.651. The van der Waals surface area contributed by atoms with Gasteiger partial charge >= 0.3 is 0 Å². The number of nitrogens with zero attached hydrogens (tertiary/aromatic N) is 2. The molecule has 5 heteroatoms. The second-order valence-electron chi connectivity index (χ2n) is 6.11. The van der Waals surface area contributed by atoms with Gasteiger partial charge in [-0.1, -0.05) is 19.8 Å². The van der Waals surface area contributed by atoms with Gasteiger partial charge in [0.05, 0.1) is 12.3 Å². The van der Waals surface area contributed by atoms with E-state index < -0.39 is 0 Å². The SMILES string of the molecule is COCCNCc1sc(N(C)C2CCCCC2C)nc1C. The molecule has 0 bridgehead atoms. The van der Waals surface area contributed by atoms with Crippen molar-refractivity contribution >= 4 is 16.5 Å². The van der Waals surface area contributed by atoms with Gasteiger partial charge in [0, 0.05) is 38.2 Å². The molecule has 2 unspecified atom stereocenters. The van der Waals surface area contributed by atoms with Crippen LogP contribution in [0.25, 0.3) is 0 Å². The smallest absolute Gasteiger partial charge is 0.185 e. The van der Waals surface area contributed by atoms with E-state index in [0.717, 1.165) is 31.3 Å². The van der Waals surface area contributed by atoms with E-state index in [4.69, 9.17) is 9.72 Å². The maximum absolute atomic E-state index is 5.06. The molecule has 1 aliphatic rings. The number of hydrogen-bond acceptors (Lipinski definition) is 5. The minimum atomic E-state index is 0.651. The van der Waals surface area contributed by atoms with Crippen molar-refractivity contribution < 1.29 is 4.74 Å². The highest BCUT2D eigenvalue weighted by atomic mass is 32.1. The summed E-state index contributed by atoms with van der Waals surface area (Å²) in [4.78, 5) is 8.55. The van der Waals surface area contributed by atoms with Gasteiger partial charge in [-0.2, -0.15) is 0 Å². The lowest BCUT2D eigenvalue weighted by molar-refractivity contribution is 0.199. The highest BCUT2D eigenvalue weighted by molar-refractivity contribution is 7.15. The lowest BCUT2D eigenvalue weighted by atomic mass is 9.85. The monoisotopic (exact) mass is 311 g/mol. The Morgan fingerprint density at radius 1 is 1.38 bits per heavy atom. The molecule has 1 saturated carbocycles. The molecule has 1 N–H and O–H groups in total. The third-order valence-electron chi connectivity index (χ3n) is 4.52. The summed E-state index contributed by atoms with van der Waals surface area (Å²) >= 11 is 1.83. The van der Waals surface area contributed by atoms with Crippen LogP contribution in [0.1, 0.15) is 43.2 Å². The lowest BCUT2D eigenvalue weighted by Gasteiger charge is -2.36. The number of aromatic nitrogens is 1. The van der Waals surface area contributed by atoms with Crippen molar-refractivity contribution in [2.75, 3.05) is 32.2 Å². The number of ether oxygens (including phenoxy) is 1. The molecule has 0 radical (unpaired) electrons. The summed E-state index contributed by atoms with van der Waals surface area (Å²) in [7, 11) is 3.95. The Morgan fingerprint density at radius 2 is 2.14 bits per heavy atom. The third-order valence-corrected chi connectivity index (χ3v) is 5.76. The van der Waals surface area contributed by atoms with E-state index in [1.54, 1.807) is 7.11 Å². The molecule has 0 aromatic carbocycles. The fraction of sp³-hybridized carbons (Fsp3) is 0.812. The van der Waals surface area contributed by atoms with Crippen molar-refractivity contribution in [3.05, 3.63) is 10.6 Å². The van der Waals surface area contributed by atoms with Crippen molar-refractivity contribution in [1.82, 2.24) is 10.3 Å². The molecule has 0 saturated heterocycles. The zero-order valence-electron chi connectivity index (χ0n) is 13.8. The van der Waals surface area contributed by atoms with Crippen LogP contribution in [0.3, 0.4) is 0 Å². The predicted molar refractivity (Wildman–Crippen MR) is 90.3 cm³/mol. The molecule has 1 aromatic heterocycles. The maximum Gasteiger partial charge on any atom is 0.185 e. The van der Waals surface area contributed by atoms with E-state index in [2.05, 4.69) is 31.1 Å². The van der Waals surface area contributed by atoms with E-state index in [0.29, 0.717) is 6.04 Å². The Labute approximate surface area is 132 Å². The zero-order chi connectivity index (χ0) is 15.2. The molecule has 0 spiro atoms. The van der Waals surface area contributed by atoms with Gasteiger partial charge < -0.3 is 15.0 Å². The first-order valence-electron chi connectivity index (χ1n) is 8.02. The van der Waals surface area contributed by atoms with Gasteiger partial charge in [0.2, 0.25) is 0 Å². The van der Waals surface area contributed by atoms with Crippen LogP contribution in [0.15, 0.2) is 0 Å². The van der Waals surface area contributed by atoms with E-state index in [1.807, 2.05) is 11.3 Å². The van der Waals surface area contributed by atoms with E-state index in [9.17, 15) is 0 Å². The van der Waals surface area contributed by atoms with Crippen LogP contribution in [0.2, 0.25) is 0 Å². The van der Waals surface area contributed by atoms with Crippen molar-refractivity contribution in [3.8, 4) is 0 Å². The number of hydrogen-bond donors (Lipinski definition) is 1. The molecule has 1 aliphatic carbocycles. The van der Waals surface area contributed by atoms with Gasteiger partial charge in [-0.25, -0.2) is 4.98 Å². The third kappa shape index (κ3) is 4.41. The highest BCUT2D eigenvalue weighted by Crippen LogP contribution is 2.33. The normalized spacial score (nSPS) is 22.5. The van der Waals surface area contributed by atoms with Gasteiger partial charge in [-0.15, -0.1) is 11.3 Å². The summed E-state index contributed by atoms with van der Waals surface area (Å²) < 4.78 is 5.06. The predicted octanol–water partition coefficient (Wildman–Crippen LogP) is 3.20. The quantitative estimate of drug-likeness (QED) is 0.785. The van der Waals surface area contributed by atoms with Crippen LogP contribution in [0.5, 0.6) is 0 Å². The fourth-order valence-electron chi connectivity index (χ4n) is 3.12. The number of aryl methyl sites for hydroxylation is 1. The van der Waals surface area contributed by atoms with Gasteiger partial charge in [0.15, 0.2) is 5.13 Å². The standard InChI is InChI=1S/C16H29N3OS/c1-12-7-5-6-8-14(12)19(3)16-18-13(2)15(21-16)11-17-9-10-20-4/h12,14,17H,5-11H2,1-4H3. The Hall–Kier alpha value is -0.650. The van der Waals surface area contributed by atoms with Gasteiger partial charge in [-0.05, 0) is 25.7 Å². The molecular formula is C16H29N3OS. The minimum absolute atomic E-state index is 0.651. The lowest BCUT2D eigenvalue weighted by Crippen LogP contribution is -2.38. The first-order chi connectivity index (χ1) is 10.1. The van der Waals surface area contributed by atoms with Crippen LogP contribution in [-0.4, -0.2) is 38.3 Å². The second kappa shape index (κ2) is 8.11. The summed E-state index contributed by atoms with van der Waals surface area (Å²) in [6.07, 6.45) is 5.40. The first-order valence-corrected chi connectivity index (χ1v) is 8.84. The molecule has 120 valence electrons. The van der Waals surface area contributed by atoms with Crippen LogP contribution in [0.4, 0.5) is 5.13 Å². The van der Waals surface area contributed by atoms with E-state index in [1.165, 1.54) is 35.7 Å². The topological polar surface area (TPSA) is 37.4 Å². The Kier molecular flexibility index (Phi) is 6.45. The average molecular weight is 311 g/mol. The molecule has 1 fully saturated rings. The molecule has 0 aliphatic heterocycles. The maximum atomic E-state index is 5.06. The highest BCUT2D eigenvalue weighted by Gasteiger charge is 2.27. The molecule has 4 nitrogen and oxygen atoms in total. The zero-order valence-corrected chi connectivity index (χ0v) is 14.6. The molecule has 2 rings (SSSR count). The number of nitrogens with one attached hydrogen (secondary N) is 1. The average Bonchev–Trinajstić information content (AvgIpc) is 2.85. The summed E-state index contributed by atoms with van der Waals surface area (Å²) in [5.41, 5.74) is 1.16. The molecule has 21 heavy (non-hydrogen) atoms. The molecular weight excluding hydrogens is 282 g/mol. The van der Waals surface area contributed by atoms with Gasteiger partial charge in [0.1, 0.15) is 0 Å². The number of rotatable bonds is 7. The van der Waals surface area contributed by atoms with Crippen LogP contribution < -0.4 is 10.2 Å². The van der Waals surface area contributed by atoms with E-state index in [-0.39, 0.29) is 0 Å². The van der Waals surface area contributed by atoms with E-state index >= 15 is 0 Å². The minimum Gasteiger partial charge on any atom is -0.383 e. The molecule has 0 amide bonds. The summed E-state index contributed by atoms with van der Waals surface area (Å²) in [5.74, 6) is 0.774. The molecule has 1 aromatic rings. The van der Waals surface area contributed by atoms with Crippen LogP contribution in [0, 0.1) is 12.8 Å². The van der Waals surface area contributed by atoms with Crippen molar-refractivity contribution in [2.24, 2.45) is 5.92 Å². The summed E-state index contributed by atoms with van der Waals surface area (Å²) in [6.45, 7) is 7.03. The number of thiazole rings is 1. The number of anilines is 1. The first kappa shape index (κ1) is 16.7.